The second-order valence-corrected chi connectivity index (χ2v) is 11.5. The van der Waals surface area contributed by atoms with Gasteiger partial charge in [-0.2, -0.15) is 0 Å². The number of hydrogen-bond acceptors (Lipinski definition) is 4. The summed E-state index contributed by atoms with van der Waals surface area (Å²) in [7, 11) is -0.420. The Bertz CT molecular complexity index is 910. The molecule has 0 bridgehead atoms. The van der Waals surface area contributed by atoms with Gasteiger partial charge in [-0.15, -0.1) is 23.2 Å². The SMILES string of the molecule is CCCCn1c(SCC2CC2(Cl)Cl)nc2cc(S(=O)(=O)N(C)C)ccc21. The average molecular weight is 436 g/mol. The van der Waals surface area contributed by atoms with Gasteiger partial charge in [0.15, 0.2) is 5.16 Å². The van der Waals surface area contributed by atoms with Gasteiger partial charge in [0.2, 0.25) is 10.0 Å². The minimum Gasteiger partial charge on any atom is -0.319 e. The van der Waals surface area contributed by atoms with Gasteiger partial charge in [-0.3, -0.25) is 0 Å². The molecule has 3 rings (SSSR count). The molecule has 1 fully saturated rings. The van der Waals surface area contributed by atoms with E-state index in [0.717, 1.165) is 42.2 Å². The van der Waals surface area contributed by atoms with Crippen molar-refractivity contribution < 1.29 is 8.42 Å². The molecule has 2 aromatic rings. The van der Waals surface area contributed by atoms with Crippen molar-refractivity contribution in [1.29, 1.82) is 0 Å². The molecule has 0 aliphatic heterocycles. The number of sulfonamides is 1. The third kappa shape index (κ3) is 4.02. The number of rotatable bonds is 8. The van der Waals surface area contributed by atoms with Crippen molar-refractivity contribution in [3.63, 3.8) is 0 Å². The van der Waals surface area contributed by atoms with Crippen molar-refractivity contribution in [3.05, 3.63) is 18.2 Å². The summed E-state index contributed by atoms with van der Waals surface area (Å²) in [5, 5.41) is 0.892. The first-order valence-electron chi connectivity index (χ1n) is 8.60. The van der Waals surface area contributed by atoms with Gasteiger partial charge in [-0.1, -0.05) is 25.1 Å². The van der Waals surface area contributed by atoms with Crippen LogP contribution in [-0.4, -0.2) is 46.5 Å². The molecule has 9 heteroatoms. The molecular formula is C17H23Cl2N3O2S2. The molecule has 0 saturated heterocycles. The summed E-state index contributed by atoms with van der Waals surface area (Å²) >= 11 is 13.9. The van der Waals surface area contributed by atoms with Crippen LogP contribution in [0.4, 0.5) is 0 Å². The quantitative estimate of drug-likeness (QED) is 0.456. The lowest BCUT2D eigenvalue weighted by molar-refractivity contribution is 0.521. The lowest BCUT2D eigenvalue weighted by Crippen LogP contribution is -2.22. The van der Waals surface area contributed by atoms with Crippen LogP contribution in [0.25, 0.3) is 11.0 Å². The number of nitrogens with zero attached hydrogens (tertiary/aromatic N) is 3. The summed E-state index contributed by atoms with van der Waals surface area (Å²) in [5.74, 6) is 1.09. The van der Waals surface area contributed by atoms with Crippen molar-refractivity contribution in [3.8, 4) is 0 Å². The lowest BCUT2D eigenvalue weighted by Gasteiger charge is -2.11. The molecule has 0 amide bonds. The third-order valence-electron chi connectivity index (χ3n) is 4.57. The molecule has 5 nitrogen and oxygen atoms in total. The Hall–Kier alpha value is -0.470. The monoisotopic (exact) mass is 435 g/mol. The number of hydrogen-bond donors (Lipinski definition) is 0. The van der Waals surface area contributed by atoms with Crippen molar-refractivity contribution in [1.82, 2.24) is 13.9 Å². The fraction of sp³-hybridized carbons (Fsp3) is 0.588. The molecule has 1 saturated carbocycles. The number of alkyl halides is 2. The number of thioether (sulfide) groups is 1. The van der Waals surface area contributed by atoms with Crippen LogP contribution in [0.15, 0.2) is 28.3 Å². The lowest BCUT2D eigenvalue weighted by atomic mass is 10.3. The number of benzene rings is 1. The van der Waals surface area contributed by atoms with E-state index in [4.69, 9.17) is 28.2 Å². The van der Waals surface area contributed by atoms with E-state index < -0.39 is 14.4 Å². The van der Waals surface area contributed by atoms with E-state index in [1.165, 1.54) is 18.4 Å². The maximum Gasteiger partial charge on any atom is 0.242 e. The van der Waals surface area contributed by atoms with Crippen molar-refractivity contribution in [2.24, 2.45) is 5.92 Å². The largest absolute Gasteiger partial charge is 0.319 e. The maximum absolute atomic E-state index is 12.4. The van der Waals surface area contributed by atoms with E-state index in [1.54, 1.807) is 23.9 Å². The average Bonchev–Trinajstić information content (AvgIpc) is 3.04. The van der Waals surface area contributed by atoms with Gasteiger partial charge in [-0.05, 0) is 31.0 Å². The Morgan fingerprint density at radius 1 is 1.38 bits per heavy atom. The molecule has 1 aliphatic rings. The summed E-state index contributed by atoms with van der Waals surface area (Å²) in [6.45, 7) is 3.00. The van der Waals surface area contributed by atoms with Crippen LogP contribution in [0, 0.1) is 5.92 Å². The van der Waals surface area contributed by atoms with Gasteiger partial charge in [0.05, 0.1) is 15.9 Å². The van der Waals surface area contributed by atoms with Crippen LogP contribution >= 0.6 is 35.0 Å². The summed E-state index contributed by atoms with van der Waals surface area (Å²) in [4.78, 5) is 4.96. The molecular weight excluding hydrogens is 413 g/mol. The summed E-state index contributed by atoms with van der Waals surface area (Å²) in [6.07, 6.45) is 2.92. The Morgan fingerprint density at radius 2 is 2.08 bits per heavy atom. The standard InChI is InChI=1S/C17H23Cl2N3O2S2/c1-4-5-8-22-15-7-6-13(26(23,24)21(2)3)9-14(15)20-16(22)25-11-12-10-17(12,18)19/h6-7,9,12H,4-5,8,10-11H2,1-3H3. The highest BCUT2D eigenvalue weighted by Crippen LogP contribution is 2.54. The molecule has 1 aromatic heterocycles. The highest BCUT2D eigenvalue weighted by molar-refractivity contribution is 7.99. The molecule has 1 aromatic carbocycles. The first kappa shape index (κ1) is 20.3. The van der Waals surface area contributed by atoms with E-state index in [2.05, 4.69) is 11.5 Å². The fourth-order valence-electron chi connectivity index (χ4n) is 2.73. The second kappa shape index (κ2) is 7.51. The Morgan fingerprint density at radius 3 is 2.65 bits per heavy atom. The predicted molar refractivity (Wildman–Crippen MR) is 109 cm³/mol. The molecule has 0 N–H and O–H groups in total. The van der Waals surface area contributed by atoms with E-state index in [1.807, 2.05) is 6.07 Å². The summed E-state index contributed by atoms with van der Waals surface area (Å²) in [6, 6.07) is 5.16. The van der Waals surface area contributed by atoms with Crippen LogP contribution < -0.4 is 0 Å². The molecule has 0 radical (unpaired) electrons. The van der Waals surface area contributed by atoms with E-state index >= 15 is 0 Å². The molecule has 1 atom stereocenters. The second-order valence-electron chi connectivity index (χ2n) is 6.81. The summed E-state index contributed by atoms with van der Waals surface area (Å²) < 4.78 is 27.6. The van der Waals surface area contributed by atoms with Gasteiger partial charge < -0.3 is 4.57 Å². The number of unbranched alkanes of at least 4 members (excludes halogenated alkanes) is 1. The zero-order chi connectivity index (χ0) is 19.1. The van der Waals surface area contributed by atoms with Gasteiger partial charge in [-0.25, -0.2) is 17.7 Å². The highest BCUT2D eigenvalue weighted by atomic mass is 35.5. The third-order valence-corrected chi connectivity index (χ3v) is 8.44. The van der Waals surface area contributed by atoms with Crippen molar-refractivity contribution in [2.75, 3.05) is 19.8 Å². The van der Waals surface area contributed by atoms with E-state index in [-0.39, 0.29) is 10.8 Å². The Kier molecular flexibility index (Phi) is 5.85. The van der Waals surface area contributed by atoms with Gasteiger partial charge in [0.1, 0.15) is 4.33 Å². The normalized spacial score (nSPS) is 19.4. The van der Waals surface area contributed by atoms with E-state index in [0.29, 0.717) is 5.52 Å². The minimum atomic E-state index is -3.48. The van der Waals surface area contributed by atoms with Crippen LogP contribution in [0.5, 0.6) is 0 Å². The molecule has 1 aliphatic carbocycles. The number of aromatic nitrogens is 2. The smallest absolute Gasteiger partial charge is 0.242 e. The van der Waals surface area contributed by atoms with Gasteiger partial charge in [0.25, 0.3) is 0 Å². The Labute approximate surface area is 169 Å². The zero-order valence-corrected chi connectivity index (χ0v) is 18.2. The fourth-order valence-corrected chi connectivity index (χ4v) is 5.62. The number of aryl methyl sites for hydroxylation is 1. The maximum atomic E-state index is 12.4. The summed E-state index contributed by atoms with van der Waals surface area (Å²) in [5.41, 5.74) is 1.66. The zero-order valence-electron chi connectivity index (χ0n) is 15.1. The molecule has 1 unspecified atom stereocenters. The van der Waals surface area contributed by atoms with Gasteiger partial charge in [0, 0.05) is 32.3 Å². The van der Waals surface area contributed by atoms with Crippen LogP contribution in [0.3, 0.4) is 0 Å². The van der Waals surface area contributed by atoms with Crippen molar-refractivity contribution >= 4 is 56.0 Å². The minimum absolute atomic E-state index is 0.259. The molecule has 0 spiro atoms. The molecule has 26 heavy (non-hydrogen) atoms. The molecule has 1 heterocycles. The first-order valence-corrected chi connectivity index (χ1v) is 11.8. The number of fused-ring (bicyclic) bond motifs is 1. The molecule has 144 valence electrons. The topological polar surface area (TPSA) is 55.2 Å². The number of halogens is 2. The van der Waals surface area contributed by atoms with Gasteiger partial charge >= 0.3 is 0 Å². The Balaban J connectivity index is 1.94. The number of imidazole rings is 1. The van der Waals surface area contributed by atoms with Crippen LogP contribution in [0.1, 0.15) is 26.2 Å². The predicted octanol–water partition coefficient (Wildman–Crippen LogP) is 4.37. The van der Waals surface area contributed by atoms with E-state index in [9.17, 15) is 8.42 Å². The van der Waals surface area contributed by atoms with Crippen LogP contribution in [-0.2, 0) is 16.6 Å². The first-order chi connectivity index (χ1) is 12.2. The van der Waals surface area contributed by atoms with Crippen molar-refractivity contribution in [2.45, 2.75) is 47.1 Å². The van der Waals surface area contributed by atoms with Crippen LogP contribution in [0.2, 0.25) is 0 Å². The highest BCUT2D eigenvalue weighted by Gasteiger charge is 2.51.